The van der Waals surface area contributed by atoms with Gasteiger partial charge in [0.1, 0.15) is 0 Å². The third-order valence-corrected chi connectivity index (χ3v) is 9.91. The van der Waals surface area contributed by atoms with E-state index in [0.717, 1.165) is 49.0 Å². The number of carbonyl (C=O) groups is 1. The van der Waals surface area contributed by atoms with Crippen molar-refractivity contribution in [3.63, 3.8) is 0 Å². The molecule has 0 unspecified atom stereocenters. The standard InChI is InChI=1S/C23H34ClNO/c24-23-10-18-4-19(11-23)9-22(8-18,13-23)14-25-20(26)12-21-5-15-1-16(6-21)3-17(2-15)7-21/h15-19H,1-14H2,(H,25,26)/t15?,16?,17?,18-,19-,21?,22?,23?/m0/s1. The van der Waals surface area contributed by atoms with E-state index in [2.05, 4.69) is 5.32 Å². The van der Waals surface area contributed by atoms with Crippen molar-refractivity contribution in [2.24, 2.45) is 40.4 Å². The Balaban J connectivity index is 1.11. The molecule has 0 heterocycles. The van der Waals surface area contributed by atoms with Gasteiger partial charge in [-0.1, -0.05) is 0 Å². The minimum absolute atomic E-state index is 0.0642. The minimum Gasteiger partial charge on any atom is -0.356 e. The molecule has 1 amide bonds. The Morgan fingerprint density at radius 1 is 0.769 bits per heavy atom. The lowest BCUT2D eigenvalue weighted by Gasteiger charge is -2.60. The van der Waals surface area contributed by atoms with Crippen molar-refractivity contribution in [2.45, 2.75) is 88.3 Å². The van der Waals surface area contributed by atoms with Gasteiger partial charge in [0.05, 0.1) is 0 Å². The number of hydrogen-bond acceptors (Lipinski definition) is 1. The molecule has 0 aromatic rings. The smallest absolute Gasteiger partial charge is 0.220 e. The molecule has 8 bridgehead atoms. The van der Waals surface area contributed by atoms with Gasteiger partial charge in [0.15, 0.2) is 0 Å². The van der Waals surface area contributed by atoms with Crippen molar-refractivity contribution in [3.05, 3.63) is 0 Å². The second kappa shape index (κ2) is 5.43. The fourth-order valence-electron chi connectivity index (χ4n) is 9.74. The fraction of sp³-hybridized carbons (Fsp3) is 0.957. The highest BCUT2D eigenvalue weighted by Gasteiger charge is 2.57. The molecule has 3 heteroatoms. The molecule has 8 fully saturated rings. The molecule has 26 heavy (non-hydrogen) atoms. The van der Waals surface area contributed by atoms with Crippen molar-refractivity contribution in [3.8, 4) is 0 Å². The summed E-state index contributed by atoms with van der Waals surface area (Å²) >= 11 is 6.97. The van der Waals surface area contributed by atoms with Gasteiger partial charge in [0.2, 0.25) is 5.91 Å². The van der Waals surface area contributed by atoms with Crippen LogP contribution in [0.5, 0.6) is 0 Å². The highest BCUT2D eigenvalue weighted by Crippen LogP contribution is 2.64. The van der Waals surface area contributed by atoms with Crippen LogP contribution in [-0.2, 0) is 4.79 Å². The van der Waals surface area contributed by atoms with Gasteiger partial charge < -0.3 is 5.32 Å². The number of hydrogen-bond donors (Lipinski definition) is 1. The molecular weight excluding hydrogens is 342 g/mol. The number of nitrogens with one attached hydrogen (secondary N) is 1. The first-order chi connectivity index (χ1) is 12.4. The number of amides is 1. The predicted octanol–water partition coefficient (Wildman–Crippen LogP) is 5.29. The highest BCUT2D eigenvalue weighted by molar-refractivity contribution is 6.24. The molecule has 8 rings (SSSR count). The van der Waals surface area contributed by atoms with E-state index in [4.69, 9.17) is 11.6 Å². The summed E-state index contributed by atoms with van der Waals surface area (Å²) in [5.74, 6) is 4.82. The molecule has 144 valence electrons. The van der Waals surface area contributed by atoms with E-state index in [0.29, 0.717) is 16.7 Å². The van der Waals surface area contributed by atoms with Crippen molar-refractivity contribution < 1.29 is 4.79 Å². The third kappa shape index (κ3) is 2.68. The van der Waals surface area contributed by atoms with Crippen LogP contribution in [0.2, 0.25) is 0 Å². The van der Waals surface area contributed by atoms with E-state index in [9.17, 15) is 4.79 Å². The zero-order valence-corrected chi connectivity index (χ0v) is 16.8. The Kier molecular flexibility index (Phi) is 3.48. The minimum atomic E-state index is 0.0642. The molecule has 2 nitrogen and oxygen atoms in total. The summed E-state index contributed by atoms with van der Waals surface area (Å²) in [6, 6.07) is 0. The molecule has 0 saturated heterocycles. The monoisotopic (exact) mass is 375 g/mol. The normalized spacial score (nSPS) is 56.1. The van der Waals surface area contributed by atoms with Gasteiger partial charge in [-0.05, 0) is 117 Å². The molecular formula is C23H34ClNO. The Labute approximate surface area is 163 Å². The summed E-state index contributed by atoms with van der Waals surface area (Å²) in [5, 5.41) is 3.43. The van der Waals surface area contributed by atoms with Gasteiger partial charge in [-0.2, -0.15) is 0 Å². The maximum atomic E-state index is 13.0. The second-order valence-electron chi connectivity index (χ2n) is 12.0. The molecule has 0 aromatic carbocycles. The van der Waals surface area contributed by atoms with Crippen molar-refractivity contribution in [1.29, 1.82) is 0 Å². The van der Waals surface area contributed by atoms with Crippen LogP contribution in [0.3, 0.4) is 0 Å². The number of alkyl halides is 1. The van der Waals surface area contributed by atoms with Crippen molar-refractivity contribution in [2.75, 3.05) is 6.54 Å². The molecule has 0 spiro atoms. The molecule has 1 N–H and O–H groups in total. The SMILES string of the molecule is O=C(CC12CC3CC(CC(C3)C1)C2)NCC12C[C@@H]3C[C@H](CC(Cl)(C3)C1)C2. The van der Waals surface area contributed by atoms with Crippen LogP contribution in [0, 0.1) is 40.4 Å². The highest BCUT2D eigenvalue weighted by atomic mass is 35.5. The first kappa shape index (κ1) is 16.7. The Morgan fingerprint density at radius 3 is 1.81 bits per heavy atom. The topological polar surface area (TPSA) is 29.1 Å². The van der Waals surface area contributed by atoms with Gasteiger partial charge in [-0.15, -0.1) is 11.6 Å². The summed E-state index contributed by atoms with van der Waals surface area (Å²) in [7, 11) is 0. The Morgan fingerprint density at radius 2 is 1.27 bits per heavy atom. The molecule has 0 aromatic heterocycles. The van der Waals surface area contributed by atoms with Gasteiger partial charge in [0.25, 0.3) is 0 Å². The van der Waals surface area contributed by atoms with Crippen LogP contribution < -0.4 is 5.32 Å². The molecule has 0 radical (unpaired) electrons. The lowest BCUT2D eigenvalue weighted by Crippen LogP contribution is -2.57. The molecule has 8 aliphatic rings. The van der Waals surface area contributed by atoms with Crippen LogP contribution in [-0.4, -0.2) is 17.3 Å². The van der Waals surface area contributed by atoms with E-state index >= 15 is 0 Å². The third-order valence-electron chi connectivity index (χ3n) is 9.47. The van der Waals surface area contributed by atoms with Crippen LogP contribution in [0.25, 0.3) is 0 Å². The van der Waals surface area contributed by atoms with Crippen LogP contribution in [0.4, 0.5) is 0 Å². The maximum absolute atomic E-state index is 13.0. The van der Waals surface area contributed by atoms with E-state index in [1.807, 2.05) is 0 Å². The summed E-state index contributed by atoms with van der Waals surface area (Å²) in [6.07, 6.45) is 16.9. The van der Waals surface area contributed by atoms with Gasteiger partial charge in [-0.25, -0.2) is 0 Å². The number of carbonyl (C=O) groups excluding carboxylic acids is 1. The van der Waals surface area contributed by atoms with Gasteiger partial charge in [-0.3, -0.25) is 4.79 Å². The fourth-order valence-corrected chi connectivity index (χ4v) is 10.5. The number of rotatable bonds is 4. The quantitative estimate of drug-likeness (QED) is 0.665. The first-order valence-electron chi connectivity index (χ1n) is 11.4. The summed E-state index contributed by atoms with van der Waals surface area (Å²) < 4.78 is 0. The van der Waals surface area contributed by atoms with Crippen LogP contribution >= 0.6 is 11.6 Å². The van der Waals surface area contributed by atoms with Crippen LogP contribution in [0.15, 0.2) is 0 Å². The van der Waals surface area contributed by atoms with E-state index < -0.39 is 0 Å². The van der Waals surface area contributed by atoms with Gasteiger partial charge in [0, 0.05) is 17.8 Å². The average Bonchev–Trinajstić information content (AvgIpc) is 2.49. The van der Waals surface area contributed by atoms with Gasteiger partial charge >= 0.3 is 0 Å². The van der Waals surface area contributed by atoms with E-state index in [1.165, 1.54) is 70.6 Å². The first-order valence-corrected chi connectivity index (χ1v) is 11.7. The van der Waals surface area contributed by atoms with Crippen molar-refractivity contribution >= 4 is 17.5 Å². The largest absolute Gasteiger partial charge is 0.356 e. The lowest BCUT2D eigenvalue weighted by molar-refractivity contribution is -0.131. The lowest BCUT2D eigenvalue weighted by atomic mass is 9.48. The summed E-state index contributed by atoms with van der Waals surface area (Å²) in [5.41, 5.74) is 0.691. The van der Waals surface area contributed by atoms with E-state index in [1.54, 1.807) is 0 Å². The van der Waals surface area contributed by atoms with Crippen molar-refractivity contribution in [1.82, 2.24) is 5.32 Å². The molecule has 8 saturated carbocycles. The van der Waals surface area contributed by atoms with E-state index in [-0.39, 0.29) is 4.87 Å². The summed E-state index contributed by atoms with van der Waals surface area (Å²) in [4.78, 5) is 13.0. The van der Waals surface area contributed by atoms with Crippen LogP contribution in [0.1, 0.15) is 83.5 Å². The zero-order valence-electron chi connectivity index (χ0n) is 16.1. The molecule has 2 atom stereocenters. The zero-order chi connectivity index (χ0) is 17.6. The number of halogens is 1. The average molecular weight is 376 g/mol. The molecule has 8 aliphatic carbocycles. The predicted molar refractivity (Wildman–Crippen MR) is 104 cm³/mol. The Hall–Kier alpha value is -0.240. The second-order valence-corrected chi connectivity index (χ2v) is 12.8. The molecule has 0 aliphatic heterocycles. The maximum Gasteiger partial charge on any atom is 0.220 e. The summed E-state index contributed by atoms with van der Waals surface area (Å²) in [6.45, 7) is 0.902. The Bertz CT molecular complexity index is 578.